The highest BCUT2D eigenvalue weighted by molar-refractivity contribution is 5.80. The summed E-state index contributed by atoms with van der Waals surface area (Å²) in [6.07, 6.45) is 7.81. The molecule has 1 heterocycles. The van der Waals surface area contributed by atoms with Crippen molar-refractivity contribution in [1.29, 1.82) is 0 Å². The molecule has 4 nitrogen and oxygen atoms in total. The van der Waals surface area contributed by atoms with Crippen molar-refractivity contribution in [3.05, 3.63) is 54.2 Å². The summed E-state index contributed by atoms with van der Waals surface area (Å²) in [5.41, 5.74) is 0.783. The molecule has 134 valence electrons. The molecule has 0 bridgehead atoms. The summed E-state index contributed by atoms with van der Waals surface area (Å²) >= 11 is 0. The van der Waals surface area contributed by atoms with E-state index in [1.807, 2.05) is 0 Å². The Kier molecular flexibility index (Phi) is 4.65. The quantitative estimate of drug-likeness (QED) is 0.676. The lowest BCUT2D eigenvalue weighted by molar-refractivity contribution is 0.438. The van der Waals surface area contributed by atoms with E-state index in [1.165, 1.54) is 25.3 Å². The summed E-state index contributed by atoms with van der Waals surface area (Å²) in [6, 6.07) is 8.91. The van der Waals surface area contributed by atoms with E-state index in [0.717, 1.165) is 35.9 Å². The molecule has 1 N–H and O–H groups in total. The number of benzene rings is 2. The molecule has 0 amide bonds. The molecule has 0 spiro atoms. The Morgan fingerprint density at radius 3 is 2.65 bits per heavy atom. The molecule has 0 saturated heterocycles. The summed E-state index contributed by atoms with van der Waals surface area (Å²) in [6.45, 7) is 0. The predicted octanol–water partition coefficient (Wildman–Crippen LogP) is 5.44. The van der Waals surface area contributed by atoms with Crippen LogP contribution in [0.2, 0.25) is 0 Å². The Bertz CT molecular complexity index is 926. The lowest BCUT2D eigenvalue weighted by atomic mass is 9.96. The molecule has 1 aliphatic carbocycles. The van der Waals surface area contributed by atoms with Gasteiger partial charge in [0.15, 0.2) is 11.6 Å². The molecule has 0 aliphatic heterocycles. The van der Waals surface area contributed by atoms with Gasteiger partial charge in [-0.05, 0) is 43.2 Å². The predicted molar refractivity (Wildman–Crippen MR) is 96.5 cm³/mol. The smallest absolute Gasteiger partial charge is 0.223 e. The Balaban J connectivity index is 1.53. The zero-order valence-electron chi connectivity index (χ0n) is 14.2. The highest BCUT2D eigenvalue weighted by atomic mass is 19.1. The van der Waals surface area contributed by atoms with Gasteiger partial charge in [-0.15, -0.1) is 0 Å². The number of fused-ring (bicyclic) bond motifs is 1. The number of halogens is 2. The third-order valence-corrected chi connectivity index (χ3v) is 4.61. The van der Waals surface area contributed by atoms with Gasteiger partial charge in [-0.25, -0.2) is 18.7 Å². The van der Waals surface area contributed by atoms with Crippen molar-refractivity contribution in [3.8, 4) is 11.5 Å². The topological polar surface area (TPSA) is 47.0 Å². The fraction of sp³-hybridized carbons (Fsp3) is 0.300. The minimum atomic E-state index is -0.742. The van der Waals surface area contributed by atoms with Crippen molar-refractivity contribution in [2.24, 2.45) is 0 Å². The van der Waals surface area contributed by atoms with Crippen molar-refractivity contribution in [2.75, 3.05) is 5.32 Å². The number of nitrogens with zero attached hydrogens (tertiary/aromatic N) is 2. The molecular weight excluding hydrogens is 336 g/mol. The molecular formula is C20H19F2N3O. The molecule has 1 saturated carbocycles. The Morgan fingerprint density at radius 2 is 1.85 bits per heavy atom. The van der Waals surface area contributed by atoms with Crippen molar-refractivity contribution < 1.29 is 13.5 Å². The second-order valence-corrected chi connectivity index (χ2v) is 6.57. The third-order valence-electron chi connectivity index (χ3n) is 4.61. The fourth-order valence-corrected chi connectivity index (χ4v) is 3.26. The fourth-order valence-electron chi connectivity index (χ4n) is 3.26. The number of hydrogen-bond donors (Lipinski definition) is 1. The lowest BCUT2D eigenvalue weighted by Crippen LogP contribution is -2.23. The van der Waals surface area contributed by atoms with E-state index in [9.17, 15) is 8.78 Å². The first-order valence-corrected chi connectivity index (χ1v) is 8.84. The highest BCUT2D eigenvalue weighted by Gasteiger charge is 2.14. The number of anilines is 1. The molecule has 1 aromatic heterocycles. The van der Waals surface area contributed by atoms with E-state index in [1.54, 1.807) is 24.4 Å². The van der Waals surface area contributed by atoms with Crippen molar-refractivity contribution in [1.82, 2.24) is 9.97 Å². The van der Waals surface area contributed by atoms with Gasteiger partial charge in [-0.2, -0.15) is 0 Å². The van der Waals surface area contributed by atoms with E-state index in [0.29, 0.717) is 17.7 Å². The Morgan fingerprint density at radius 1 is 1.00 bits per heavy atom. The average Bonchev–Trinajstić information content (AvgIpc) is 2.65. The van der Waals surface area contributed by atoms with Gasteiger partial charge in [0, 0.05) is 23.7 Å². The van der Waals surface area contributed by atoms with Crippen LogP contribution in [0, 0.1) is 11.6 Å². The molecule has 0 radical (unpaired) electrons. The summed E-state index contributed by atoms with van der Waals surface area (Å²) in [4.78, 5) is 8.92. The van der Waals surface area contributed by atoms with Gasteiger partial charge < -0.3 is 10.1 Å². The summed E-state index contributed by atoms with van der Waals surface area (Å²) < 4.78 is 32.2. The van der Waals surface area contributed by atoms with Crippen molar-refractivity contribution >= 4 is 16.9 Å². The van der Waals surface area contributed by atoms with Crippen LogP contribution in [0.5, 0.6) is 11.5 Å². The zero-order valence-corrected chi connectivity index (χ0v) is 14.2. The molecule has 2 aromatic carbocycles. The number of ether oxygens (including phenoxy) is 1. The second kappa shape index (κ2) is 7.23. The minimum absolute atomic E-state index is 0.0257. The number of rotatable bonds is 4. The first-order chi connectivity index (χ1) is 12.7. The normalized spacial score (nSPS) is 15.2. The van der Waals surface area contributed by atoms with E-state index in [-0.39, 0.29) is 5.75 Å². The third kappa shape index (κ3) is 3.74. The van der Waals surface area contributed by atoms with Crippen LogP contribution >= 0.6 is 0 Å². The van der Waals surface area contributed by atoms with Crippen LogP contribution in [0.25, 0.3) is 10.9 Å². The van der Waals surface area contributed by atoms with Crippen molar-refractivity contribution in [3.63, 3.8) is 0 Å². The van der Waals surface area contributed by atoms with E-state index in [2.05, 4.69) is 15.3 Å². The van der Waals surface area contributed by atoms with Crippen LogP contribution in [-0.2, 0) is 0 Å². The van der Waals surface area contributed by atoms with E-state index in [4.69, 9.17) is 4.74 Å². The number of aromatic nitrogens is 2. The van der Waals surface area contributed by atoms with Gasteiger partial charge in [0.05, 0.1) is 5.52 Å². The van der Waals surface area contributed by atoms with E-state index < -0.39 is 11.6 Å². The van der Waals surface area contributed by atoms with Gasteiger partial charge in [0.25, 0.3) is 0 Å². The van der Waals surface area contributed by atoms with Crippen LogP contribution < -0.4 is 10.1 Å². The average molecular weight is 355 g/mol. The molecule has 26 heavy (non-hydrogen) atoms. The molecule has 0 unspecified atom stereocenters. The largest absolute Gasteiger partial charge is 0.454 e. The van der Waals surface area contributed by atoms with E-state index >= 15 is 0 Å². The monoisotopic (exact) mass is 355 g/mol. The Hall–Kier alpha value is -2.76. The maximum atomic E-state index is 13.7. The maximum Gasteiger partial charge on any atom is 0.223 e. The van der Waals surface area contributed by atoms with Gasteiger partial charge in [-0.3, -0.25) is 0 Å². The number of nitrogens with one attached hydrogen (secondary N) is 1. The van der Waals surface area contributed by atoms with Gasteiger partial charge in [-0.1, -0.05) is 19.3 Å². The molecule has 6 heteroatoms. The molecule has 0 atom stereocenters. The molecule has 1 aliphatic rings. The van der Waals surface area contributed by atoms with Crippen LogP contribution in [0.3, 0.4) is 0 Å². The first-order valence-electron chi connectivity index (χ1n) is 8.84. The standard InChI is InChI=1S/C20H19F2N3O/c21-14-6-9-19(17(22)11-14)26-16-7-8-18-13(10-16)12-23-20(25-18)24-15-4-2-1-3-5-15/h6-12,15H,1-5H2,(H,23,24,25). The first kappa shape index (κ1) is 16.7. The number of hydrogen-bond acceptors (Lipinski definition) is 4. The molecule has 4 rings (SSSR count). The van der Waals surface area contributed by atoms with Crippen LogP contribution in [0.4, 0.5) is 14.7 Å². The minimum Gasteiger partial charge on any atom is -0.454 e. The highest BCUT2D eigenvalue weighted by Crippen LogP contribution is 2.28. The van der Waals surface area contributed by atoms with Crippen LogP contribution in [0.1, 0.15) is 32.1 Å². The van der Waals surface area contributed by atoms with Gasteiger partial charge >= 0.3 is 0 Å². The summed E-state index contributed by atoms with van der Waals surface area (Å²) in [5.74, 6) is -0.336. The van der Waals surface area contributed by atoms with Crippen LogP contribution in [-0.4, -0.2) is 16.0 Å². The SMILES string of the molecule is Fc1ccc(Oc2ccc3nc(NC4CCCCC4)ncc3c2)c(F)c1. The van der Waals surface area contributed by atoms with Gasteiger partial charge in [0.2, 0.25) is 5.95 Å². The summed E-state index contributed by atoms with van der Waals surface area (Å²) in [5, 5.41) is 4.19. The van der Waals surface area contributed by atoms with Crippen LogP contribution in [0.15, 0.2) is 42.6 Å². The Labute approximate surface area is 150 Å². The zero-order chi connectivity index (χ0) is 17.9. The second-order valence-electron chi connectivity index (χ2n) is 6.57. The van der Waals surface area contributed by atoms with Gasteiger partial charge in [0.1, 0.15) is 11.6 Å². The van der Waals surface area contributed by atoms with Crippen molar-refractivity contribution in [2.45, 2.75) is 38.1 Å². The lowest BCUT2D eigenvalue weighted by Gasteiger charge is -2.22. The molecule has 3 aromatic rings. The molecule has 1 fully saturated rings. The summed E-state index contributed by atoms with van der Waals surface area (Å²) in [7, 11) is 0. The maximum absolute atomic E-state index is 13.7.